The molecule has 0 radical (unpaired) electrons. The number of hydrogen-bond acceptors (Lipinski definition) is 4. The SMILES string of the molecule is CCCC[C@H](N)[P+]([O-])([O-])[O-]. The molecule has 0 aliphatic heterocycles. The summed E-state index contributed by atoms with van der Waals surface area (Å²) < 4.78 is 0. The van der Waals surface area contributed by atoms with Gasteiger partial charge in [0.05, 0.1) is 5.78 Å². The van der Waals surface area contributed by atoms with E-state index < -0.39 is 13.7 Å². The first-order chi connectivity index (χ1) is 4.48. The Kier molecular flexibility index (Phi) is 4.32. The van der Waals surface area contributed by atoms with Gasteiger partial charge < -0.3 is 14.7 Å². The van der Waals surface area contributed by atoms with Gasteiger partial charge in [0.25, 0.3) is 0 Å². The zero-order valence-electron chi connectivity index (χ0n) is 5.95. The first kappa shape index (κ1) is 10.3. The molecule has 0 aliphatic carbocycles. The third-order valence-electron chi connectivity index (χ3n) is 1.26. The van der Waals surface area contributed by atoms with Crippen molar-refractivity contribution in [1.29, 1.82) is 0 Å². The molecule has 0 rings (SSSR count). The fourth-order valence-electron chi connectivity index (χ4n) is 0.571. The van der Waals surface area contributed by atoms with Gasteiger partial charge in [-0.05, 0) is 12.8 Å². The minimum absolute atomic E-state index is 0.279. The molecule has 10 heavy (non-hydrogen) atoms. The van der Waals surface area contributed by atoms with Crippen LogP contribution >= 0.6 is 7.94 Å². The Morgan fingerprint density at radius 3 is 2.20 bits per heavy atom. The Balaban J connectivity index is 3.52. The summed E-state index contributed by atoms with van der Waals surface area (Å²) in [5.41, 5.74) is 5.05. The number of rotatable bonds is 4. The summed E-state index contributed by atoms with van der Waals surface area (Å²) in [7, 11) is -4.51. The smallest absolute Gasteiger partial charge is 0.0996 e. The van der Waals surface area contributed by atoms with E-state index in [0.717, 1.165) is 6.42 Å². The molecule has 0 aromatic carbocycles. The molecule has 0 spiro atoms. The standard InChI is InChI=1S/C5H14NO3P/c1-2-3-4-5(6)10(7,8)9/h5H,2-4,6H2,1H3,(H2,7,8,9)/p-2/t5-/m1/s1. The molecule has 0 aromatic rings. The molecule has 0 bridgehead atoms. The lowest BCUT2D eigenvalue weighted by molar-refractivity contribution is -0.431. The van der Waals surface area contributed by atoms with Crippen molar-refractivity contribution in [3.63, 3.8) is 0 Å². The summed E-state index contributed by atoms with van der Waals surface area (Å²) in [4.78, 5) is 30.6. The highest BCUT2D eigenvalue weighted by atomic mass is 31.2. The lowest BCUT2D eigenvalue weighted by atomic mass is 10.2. The Labute approximate surface area is 61.3 Å². The zero-order chi connectivity index (χ0) is 8.20. The lowest BCUT2D eigenvalue weighted by Gasteiger charge is -2.46. The van der Waals surface area contributed by atoms with Crippen LogP contribution in [-0.2, 0) is 0 Å². The molecular weight excluding hydrogens is 153 g/mol. The Morgan fingerprint density at radius 2 is 1.90 bits per heavy atom. The van der Waals surface area contributed by atoms with Gasteiger partial charge in [-0.15, -0.1) is 7.94 Å². The second-order valence-corrected chi connectivity index (χ2v) is 3.99. The van der Waals surface area contributed by atoms with Crippen molar-refractivity contribution in [2.45, 2.75) is 32.0 Å². The minimum atomic E-state index is -4.51. The molecule has 0 aliphatic rings. The number of nitrogens with two attached hydrogens (primary N) is 1. The Hall–Kier alpha value is 0.270. The molecule has 0 heterocycles. The summed E-state index contributed by atoms with van der Waals surface area (Å²) in [6, 6.07) is 0. The van der Waals surface area contributed by atoms with E-state index in [1.165, 1.54) is 0 Å². The van der Waals surface area contributed by atoms with Crippen LogP contribution in [0.3, 0.4) is 0 Å². The van der Waals surface area contributed by atoms with Gasteiger partial charge in [-0.25, -0.2) is 0 Å². The van der Waals surface area contributed by atoms with Crippen LogP contribution in [0.5, 0.6) is 0 Å². The molecule has 0 saturated carbocycles. The van der Waals surface area contributed by atoms with E-state index in [1.54, 1.807) is 0 Å². The molecule has 4 nitrogen and oxygen atoms in total. The highest BCUT2D eigenvalue weighted by Crippen LogP contribution is 2.34. The normalized spacial score (nSPS) is 15.3. The van der Waals surface area contributed by atoms with Gasteiger partial charge in [-0.3, -0.25) is 5.73 Å². The van der Waals surface area contributed by atoms with Crippen molar-refractivity contribution in [2.24, 2.45) is 5.73 Å². The number of hydrogen-bond donors (Lipinski definition) is 1. The molecule has 0 aromatic heterocycles. The van der Waals surface area contributed by atoms with Gasteiger partial charge in [0.15, 0.2) is 0 Å². The van der Waals surface area contributed by atoms with Crippen molar-refractivity contribution < 1.29 is 14.7 Å². The Bertz CT molecular complexity index is 93.4. The first-order valence-corrected chi connectivity index (χ1v) is 4.87. The van der Waals surface area contributed by atoms with Crippen LogP contribution in [0.2, 0.25) is 0 Å². The van der Waals surface area contributed by atoms with Gasteiger partial charge in [0.2, 0.25) is 0 Å². The third-order valence-corrected chi connectivity index (χ3v) is 2.33. The summed E-state index contributed by atoms with van der Waals surface area (Å²) in [6.07, 6.45) is 1.82. The van der Waals surface area contributed by atoms with Crippen LogP contribution in [-0.4, -0.2) is 5.78 Å². The van der Waals surface area contributed by atoms with Crippen LogP contribution in [0.4, 0.5) is 0 Å². The topological polar surface area (TPSA) is 95.2 Å². The maximum atomic E-state index is 10.2. The zero-order valence-corrected chi connectivity index (χ0v) is 6.84. The highest BCUT2D eigenvalue weighted by Gasteiger charge is 2.09. The molecule has 5 heteroatoms. The predicted molar refractivity (Wildman–Crippen MR) is 34.4 cm³/mol. The van der Waals surface area contributed by atoms with Gasteiger partial charge in [-0.1, -0.05) is 13.3 Å². The predicted octanol–water partition coefficient (Wildman–Crippen LogP) is -1.70. The summed E-state index contributed by atoms with van der Waals surface area (Å²) in [6.45, 7) is 1.91. The molecule has 0 amide bonds. The van der Waals surface area contributed by atoms with Crippen LogP contribution < -0.4 is 20.4 Å². The van der Waals surface area contributed by atoms with Crippen molar-refractivity contribution in [1.82, 2.24) is 0 Å². The van der Waals surface area contributed by atoms with Crippen LogP contribution in [0.1, 0.15) is 26.2 Å². The second kappa shape index (κ2) is 4.21. The quantitative estimate of drug-likeness (QED) is 0.502. The average Bonchev–Trinajstić information content (AvgIpc) is 1.80. The highest BCUT2D eigenvalue weighted by molar-refractivity contribution is 7.54. The largest absolute Gasteiger partial charge is 0.686 e. The molecule has 2 N–H and O–H groups in total. The van der Waals surface area contributed by atoms with Gasteiger partial charge in [-0.2, -0.15) is 0 Å². The van der Waals surface area contributed by atoms with Crippen LogP contribution in [0, 0.1) is 0 Å². The van der Waals surface area contributed by atoms with Crippen molar-refractivity contribution in [2.75, 3.05) is 0 Å². The van der Waals surface area contributed by atoms with E-state index in [0.29, 0.717) is 6.42 Å². The molecule has 0 unspecified atom stereocenters. The van der Waals surface area contributed by atoms with Crippen molar-refractivity contribution in [3.05, 3.63) is 0 Å². The molecule has 1 atom stereocenters. The molecule has 0 fully saturated rings. The van der Waals surface area contributed by atoms with Crippen LogP contribution in [0.15, 0.2) is 0 Å². The summed E-state index contributed by atoms with van der Waals surface area (Å²) in [5.74, 6) is -1.19. The van der Waals surface area contributed by atoms with Crippen molar-refractivity contribution >= 4 is 7.94 Å². The van der Waals surface area contributed by atoms with Gasteiger partial charge in [0, 0.05) is 0 Å². The molecule has 62 valence electrons. The third kappa shape index (κ3) is 4.14. The molecular formula is C5H12NO3P-2. The Morgan fingerprint density at radius 1 is 1.40 bits per heavy atom. The first-order valence-electron chi connectivity index (χ1n) is 3.25. The summed E-state index contributed by atoms with van der Waals surface area (Å²) in [5, 5.41) is 0. The fourth-order valence-corrected chi connectivity index (χ4v) is 1.07. The van der Waals surface area contributed by atoms with E-state index in [-0.39, 0.29) is 6.42 Å². The van der Waals surface area contributed by atoms with E-state index in [9.17, 15) is 14.7 Å². The monoisotopic (exact) mass is 165 g/mol. The van der Waals surface area contributed by atoms with Crippen molar-refractivity contribution in [3.8, 4) is 0 Å². The van der Waals surface area contributed by atoms with Gasteiger partial charge in [0.1, 0.15) is 0 Å². The average molecular weight is 165 g/mol. The summed E-state index contributed by atoms with van der Waals surface area (Å²) >= 11 is 0. The second-order valence-electron chi connectivity index (χ2n) is 2.25. The fraction of sp³-hybridized carbons (Fsp3) is 1.00. The molecule has 0 saturated heterocycles. The van der Waals surface area contributed by atoms with E-state index in [1.807, 2.05) is 6.92 Å². The van der Waals surface area contributed by atoms with E-state index >= 15 is 0 Å². The maximum Gasteiger partial charge on any atom is 0.0996 e. The number of unbranched alkanes of at least 4 members (excludes halogenated alkanes) is 1. The van der Waals surface area contributed by atoms with Gasteiger partial charge >= 0.3 is 0 Å². The van der Waals surface area contributed by atoms with Crippen LogP contribution in [0.25, 0.3) is 0 Å². The maximum absolute atomic E-state index is 10.2. The minimum Gasteiger partial charge on any atom is -0.686 e. The van der Waals surface area contributed by atoms with E-state index in [4.69, 9.17) is 5.73 Å². The lowest BCUT2D eigenvalue weighted by Crippen LogP contribution is -2.45. The van der Waals surface area contributed by atoms with E-state index in [2.05, 4.69) is 0 Å².